The van der Waals surface area contributed by atoms with Gasteiger partial charge in [0.05, 0.1) is 0 Å². The molecule has 2 fully saturated rings. The van der Waals surface area contributed by atoms with Crippen LogP contribution in [-0.2, 0) is 16.1 Å². The Kier molecular flexibility index (Phi) is 6.68. The maximum absolute atomic E-state index is 13.3. The van der Waals surface area contributed by atoms with E-state index in [2.05, 4.69) is 28.7 Å². The second kappa shape index (κ2) is 9.01. The van der Waals surface area contributed by atoms with Gasteiger partial charge >= 0.3 is 0 Å². The van der Waals surface area contributed by atoms with Crippen LogP contribution >= 0.6 is 0 Å². The van der Waals surface area contributed by atoms with Gasteiger partial charge in [0.25, 0.3) is 0 Å². The number of hydrogen-bond donors (Lipinski definition) is 0. The summed E-state index contributed by atoms with van der Waals surface area (Å²) in [4.78, 5) is 37.7. The van der Waals surface area contributed by atoms with E-state index < -0.39 is 0 Å². The number of aromatic nitrogens is 2. The summed E-state index contributed by atoms with van der Waals surface area (Å²) in [6, 6.07) is 0.157. The Bertz CT molecular complexity index is 670. The van der Waals surface area contributed by atoms with Crippen LogP contribution < -0.4 is 0 Å². The highest BCUT2D eigenvalue weighted by atomic mass is 16.2. The van der Waals surface area contributed by atoms with Crippen molar-refractivity contribution in [3.8, 4) is 0 Å². The molecule has 1 aromatic heterocycles. The number of hydrogen-bond acceptors (Lipinski definition) is 4. The predicted molar refractivity (Wildman–Crippen MR) is 108 cm³/mol. The molecule has 0 bridgehead atoms. The van der Waals surface area contributed by atoms with Crippen molar-refractivity contribution in [3.05, 3.63) is 24.3 Å². The summed E-state index contributed by atoms with van der Waals surface area (Å²) >= 11 is 0. The summed E-state index contributed by atoms with van der Waals surface area (Å²) in [5.41, 5.74) is 0.662. The van der Waals surface area contributed by atoms with Crippen molar-refractivity contribution in [2.75, 3.05) is 13.1 Å². The third-order valence-corrected chi connectivity index (χ3v) is 6.72. The van der Waals surface area contributed by atoms with E-state index in [0.717, 1.165) is 37.9 Å². The van der Waals surface area contributed by atoms with Crippen LogP contribution in [0.4, 0.5) is 0 Å². The molecule has 1 aromatic rings. The van der Waals surface area contributed by atoms with E-state index in [1.165, 1.54) is 32.0 Å². The molecule has 0 spiro atoms. The van der Waals surface area contributed by atoms with Gasteiger partial charge in [0.1, 0.15) is 6.33 Å². The van der Waals surface area contributed by atoms with Crippen LogP contribution in [0.2, 0.25) is 0 Å². The van der Waals surface area contributed by atoms with E-state index in [4.69, 9.17) is 0 Å². The first-order chi connectivity index (χ1) is 13.4. The zero-order valence-electron chi connectivity index (χ0n) is 17.6. The second-order valence-electron chi connectivity index (χ2n) is 8.97. The summed E-state index contributed by atoms with van der Waals surface area (Å²) in [6.45, 7) is 7.94. The fraction of sp³-hybridized carbons (Fsp3) is 0.727. The summed E-state index contributed by atoms with van der Waals surface area (Å²) in [5, 5.41) is 0. The zero-order valence-corrected chi connectivity index (χ0v) is 17.6. The number of likely N-dealkylation sites (tertiary alicyclic amines) is 1. The lowest BCUT2D eigenvalue weighted by atomic mass is 9.76. The largest absolute Gasteiger partial charge is 0.342 e. The minimum absolute atomic E-state index is 0.0694. The summed E-state index contributed by atoms with van der Waals surface area (Å²) in [6.07, 6.45) is 12.6. The molecule has 1 atom stereocenters. The molecule has 2 aliphatic rings. The molecule has 2 amide bonds. The van der Waals surface area contributed by atoms with Crippen molar-refractivity contribution in [2.45, 2.75) is 78.3 Å². The van der Waals surface area contributed by atoms with Crippen LogP contribution in [0.5, 0.6) is 0 Å². The van der Waals surface area contributed by atoms with Crippen molar-refractivity contribution in [1.82, 2.24) is 19.8 Å². The van der Waals surface area contributed by atoms with Gasteiger partial charge in [-0.15, -0.1) is 0 Å². The summed E-state index contributed by atoms with van der Waals surface area (Å²) < 4.78 is 0. The molecule has 1 saturated heterocycles. The monoisotopic (exact) mass is 386 g/mol. The Hall–Kier alpha value is -1.98. The SMILES string of the molecule is CC(=O)N(Cc1cncnc1)[C@@H]1CCCN(C(=O)C(C)(C)C2CCCC2)CC1. The first-order valence-electron chi connectivity index (χ1n) is 10.7. The van der Waals surface area contributed by atoms with Gasteiger partial charge in [-0.1, -0.05) is 26.7 Å². The zero-order chi connectivity index (χ0) is 20.1. The molecule has 154 valence electrons. The van der Waals surface area contributed by atoms with Gasteiger partial charge in [-0.05, 0) is 38.0 Å². The molecular weight excluding hydrogens is 352 g/mol. The van der Waals surface area contributed by atoms with Crippen LogP contribution in [0.1, 0.15) is 71.3 Å². The Morgan fingerprint density at radius 3 is 2.39 bits per heavy atom. The molecule has 1 saturated carbocycles. The average molecular weight is 387 g/mol. The second-order valence-corrected chi connectivity index (χ2v) is 8.97. The maximum Gasteiger partial charge on any atom is 0.228 e. The third-order valence-electron chi connectivity index (χ3n) is 6.72. The van der Waals surface area contributed by atoms with E-state index in [-0.39, 0.29) is 17.4 Å². The summed E-state index contributed by atoms with van der Waals surface area (Å²) in [7, 11) is 0. The molecule has 0 aromatic carbocycles. The van der Waals surface area contributed by atoms with Gasteiger partial charge in [-0.25, -0.2) is 9.97 Å². The molecule has 6 heteroatoms. The smallest absolute Gasteiger partial charge is 0.228 e. The topological polar surface area (TPSA) is 66.4 Å². The van der Waals surface area contributed by atoms with Gasteiger partial charge < -0.3 is 9.80 Å². The molecule has 6 nitrogen and oxygen atoms in total. The summed E-state index contributed by atoms with van der Waals surface area (Å²) in [5.74, 6) is 0.872. The van der Waals surface area contributed by atoms with E-state index in [9.17, 15) is 9.59 Å². The van der Waals surface area contributed by atoms with E-state index in [1.807, 2.05) is 4.90 Å². The molecular formula is C22H34N4O2. The number of rotatable bonds is 5. The minimum atomic E-state index is -0.280. The maximum atomic E-state index is 13.3. The van der Waals surface area contributed by atoms with Crippen LogP contribution in [0.3, 0.4) is 0 Å². The first kappa shape index (κ1) is 20.7. The lowest BCUT2D eigenvalue weighted by Crippen LogP contribution is -2.45. The lowest BCUT2D eigenvalue weighted by Gasteiger charge is -2.36. The normalized spacial score (nSPS) is 21.4. The Labute approximate surface area is 168 Å². The standard InChI is InChI=1S/C22H34N4O2/c1-17(27)26(15-18-13-23-16-24-14-18)20-9-6-11-25(12-10-20)21(28)22(2,3)19-7-4-5-8-19/h13-14,16,19-20H,4-12,15H2,1-3H3/t20-/m1/s1. The van der Waals surface area contributed by atoms with Crippen molar-refractivity contribution in [3.63, 3.8) is 0 Å². The Morgan fingerprint density at radius 2 is 1.75 bits per heavy atom. The molecule has 2 heterocycles. The van der Waals surface area contributed by atoms with Crippen molar-refractivity contribution in [2.24, 2.45) is 11.3 Å². The lowest BCUT2D eigenvalue weighted by molar-refractivity contribution is -0.143. The number of carbonyl (C=O) groups is 2. The van der Waals surface area contributed by atoms with Gasteiger partial charge in [0.2, 0.25) is 11.8 Å². The van der Waals surface area contributed by atoms with Crippen LogP contribution in [0.15, 0.2) is 18.7 Å². The number of amides is 2. The van der Waals surface area contributed by atoms with Crippen LogP contribution in [0, 0.1) is 11.3 Å². The van der Waals surface area contributed by atoms with Gasteiger partial charge in [0, 0.05) is 56.0 Å². The van der Waals surface area contributed by atoms with E-state index in [0.29, 0.717) is 18.4 Å². The molecule has 0 N–H and O–H groups in total. The molecule has 1 aliphatic heterocycles. The Balaban J connectivity index is 1.64. The molecule has 28 heavy (non-hydrogen) atoms. The van der Waals surface area contributed by atoms with Gasteiger partial charge in [-0.2, -0.15) is 0 Å². The minimum Gasteiger partial charge on any atom is -0.342 e. The number of nitrogens with zero attached hydrogens (tertiary/aromatic N) is 4. The van der Waals surface area contributed by atoms with Crippen LogP contribution in [0.25, 0.3) is 0 Å². The highest BCUT2D eigenvalue weighted by molar-refractivity contribution is 5.82. The van der Waals surface area contributed by atoms with Crippen LogP contribution in [-0.4, -0.2) is 50.7 Å². The third kappa shape index (κ3) is 4.70. The molecule has 0 unspecified atom stereocenters. The fourth-order valence-electron chi connectivity index (χ4n) is 4.93. The molecule has 3 rings (SSSR count). The average Bonchev–Trinajstić information content (AvgIpc) is 3.13. The van der Waals surface area contributed by atoms with Gasteiger partial charge in [0.15, 0.2) is 0 Å². The number of carbonyl (C=O) groups excluding carboxylic acids is 2. The molecule has 1 aliphatic carbocycles. The highest BCUT2D eigenvalue weighted by Crippen LogP contribution is 2.41. The van der Waals surface area contributed by atoms with Crippen molar-refractivity contribution < 1.29 is 9.59 Å². The highest BCUT2D eigenvalue weighted by Gasteiger charge is 2.41. The van der Waals surface area contributed by atoms with Crippen molar-refractivity contribution >= 4 is 11.8 Å². The fourth-order valence-corrected chi connectivity index (χ4v) is 4.93. The van der Waals surface area contributed by atoms with Crippen molar-refractivity contribution in [1.29, 1.82) is 0 Å². The van der Waals surface area contributed by atoms with Gasteiger partial charge in [-0.3, -0.25) is 9.59 Å². The Morgan fingerprint density at radius 1 is 1.07 bits per heavy atom. The molecule has 0 radical (unpaired) electrons. The quantitative estimate of drug-likeness (QED) is 0.778. The predicted octanol–water partition coefficient (Wildman–Crippen LogP) is 3.42. The first-order valence-corrected chi connectivity index (χ1v) is 10.7. The van der Waals surface area contributed by atoms with E-state index in [1.54, 1.807) is 19.3 Å². The van der Waals surface area contributed by atoms with E-state index >= 15 is 0 Å².